The lowest BCUT2D eigenvalue weighted by atomic mass is 10.2. The molecule has 0 saturated heterocycles. The number of nitrogens with one attached hydrogen (secondary N) is 2. The van der Waals surface area contributed by atoms with Gasteiger partial charge in [-0.15, -0.1) is 0 Å². The van der Waals surface area contributed by atoms with E-state index in [9.17, 15) is 13.2 Å². The van der Waals surface area contributed by atoms with E-state index in [2.05, 4.69) is 20.6 Å². The van der Waals surface area contributed by atoms with Crippen molar-refractivity contribution in [3.05, 3.63) is 71.5 Å². The molecule has 2 aromatic carbocycles. The lowest BCUT2D eigenvalue weighted by Crippen LogP contribution is -2.29. The van der Waals surface area contributed by atoms with Crippen LogP contribution < -0.4 is 15.4 Å². The molecule has 1 amide bonds. The average molecular weight is 441 g/mol. The zero-order valence-electron chi connectivity index (χ0n) is 17.5. The first kappa shape index (κ1) is 22.2. The van der Waals surface area contributed by atoms with Crippen molar-refractivity contribution in [1.29, 1.82) is 0 Å². The van der Waals surface area contributed by atoms with Crippen LogP contribution in [0.25, 0.3) is 0 Å². The van der Waals surface area contributed by atoms with Crippen molar-refractivity contribution in [3.63, 3.8) is 0 Å². The van der Waals surface area contributed by atoms with Crippen LogP contribution in [0, 0.1) is 13.8 Å². The number of anilines is 2. The molecule has 3 rings (SSSR count). The molecule has 0 spiro atoms. The number of aryl methyl sites for hydroxylation is 2. The largest absolute Gasteiger partial charge is 0.497 e. The van der Waals surface area contributed by atoms with Crippen LogP contribution >= 0.6 is 0 Å². The monoisotopic (exact) mass is 440 g/mol. The quantitative estimate of drug-likeness (QED) is 0.554. The minimum Gasteiger partial charge on any atom is -0.497 e. The summed E-state index contributed by atoms with van der Waals surface area (Å²) in [5.74, 6) is 0.446. The van der Waals surface area contributed by atoms with E-state index in [1.54, 1.807) is 36.4 Å². The van der Waals surface area contributed by atoms with Crippen LogP contribution in [0.15, 0.2) is 59.5 Å². The smallest absolute Gasteiger partial charge is 0.251 e. The average Bonchev–Trinajstić information content (AvgIpc) is 2.73. The highest BCUT2D eigenvalue weighted by atomic mass is 32.2. The van der Waals surface area contributed by atoms with Crippen molar-refractivity contribution in [3.8, 4) is 5.75 Å². The first-order valence-electron chi connectivity index (χ1n) is 9.61. The summed E-state index contributed by atoms with van der Waals surface area (Å²) in [6.07, 6.45) is 0. The van der Waals surface area contributed by atoms with E-state index in [-0.39, 0.29) is 23.1 Å². The van der Waals surface area contributed by atoms with Gasteiger partial charge >= 0.3 is 0 Å². The normalized spacial score (nSPS) is 11.1. The van der Waals surface area contributed by atoms with Gasteiger partial charge in [-0.05, 0) is 62.4 Å². The van der Waals surface area contributed by atoms with Gasteiger partial charge in [0.2, 0.25) is 5.95 Å². The van der Waals surface area contributed by atoms with E-state index in [0.717, 1.165) is 11.4 Å². The van der Waals surface area contributed by atoms with Gasteiger partial charge in [-0.25, -0.2) is 18.4 Å². The first-order valence-corrected chi connectivity index (χ1v) is 11.3. The molecule has 162 valence electrons. The molecule has 0 bridgehead atoms. The number of carbonyl (C=O) groups excluding carboxylic acids is 1. The summed E-state index contributed by atoms with van der Waals surface area (Å²) >= 11 is 0. The summed E-state index contributed by atoms with van der Waals surface area (Å²) in [5, 5.41) is 5.74. The lowest BCUT2D eigenvalue weighted by molar-refractivity contribution is 0.0956. The number of nitrogens with zero attached hydrogens (tertiary/aromatic N) is 2. The predicted molar refractivity (Wildman–Crippen MR) is 119 cm³/mol. The van der Waals surface area contributed by atoms with Crippen molar-refractivity contribution < 1.29 is 17.9 Å². The van der Waals surface area contributed by atoms with Crippen LogP contribution in [0.5, 0.6) is 5.75 Å². The molecular formula is C22H24N4O4S. The lowest BCUT2D eigenvalue weighted by Gasteiger charge is -2.10. The second-order valence-electron chi connectivity index (χ2n) is 6.93. The van der Waals surface area contributed by atoms with Crippen molar-refractivity contribution >= 4 is 27.4 Å². The maximum atomic E-state index is 12.5. The number of benzene rings is 2. The predicted octanol–water partition coefficient (Wildman–Crippen LogP) is 3.05. The van der Waals surface area contributed by atoms with E-state index >= 15 is 0 Å². The second-order valence-corrected chi connectivity index (χ2v) is 9.04. The molecule has 0 aliphatic rings. The number of aromatic nitrogens is 2. The molecule has 2 N–H and O–H groups in total. The molecule has 0 unspecified atom stereocenters. The van der Waals surface area contributed by atoms with Crippen molar-refractivity contribution in [2.24, 2.45) is 0 Å². The summed E-state index contributed by atoms with van der Waals surface area (Å²) in [6, 6.07) is 14.9. The number of amides is 1. The summed E-state index contributed by atoms with van der Waals surface area (Å²) in [4.78, 5) is 21.3. The second kappa shape index (κ2) is 9.57. The number of rotatable bonds is 8. The number of carbonyl (C=O) groups is 1. The van der Waals surface area contributed by atoms with Gasteiger partial charge in [0.1, 0.15) is 5.75 Å². The van der Waals surface area contributed by atoms with E-state index < -0.39 is 9.84 Å². The number of ether oxygens (including phenoxy) is 1. The molecule has 0 fully saturated rings. The van der Waals surface area contributed by atoms with E-state index in [0.29, 0.717) is 22.9 Å². The first-order chi connectivity index (χ1) is 14.8. The minimum absolute atomic E-state index is 0.00889. The highest BCUT2D eigenvalue weighted by molar-refractivity contribution is 7.91. The number of hydrogen-bond acceptors (Lipinski definition) is 7. The van der Waals surface area contributed by atoms with Gasteiger partial charge in [-0.3, -0.25) is 4.79 Å². The minimum atomic E-state index is -3.52. The third kappa shape index (κ3) is 6.02. The molecule has 3 aromatic rings. The Bertz CT molecular complexity index is 1160. The molecule has 0 aliphatic carbocycles. The van der Waals surface area contributed by atoms with Crippen LogP contribution in [0.1, 0.15) is 21.7 Å². The Morgan fingerprint density at radius 3 is 2.32 bits per heavy atom. The molecule has 0 aliphatic heterocycles. The van der Waals surface area contributed by atoms with Gasteiger partial charge in [0.15, 0.2) is 9.84 Å². The van der Waals surface area contributed by atoms with E-state index in [4.69, 9.17) is 4.74 Å². The number of methoxy groups -OCH3 is 1. The third-order valence-corrected chi connectivity index (χ3v) is 6.17. The van der Waals surface area contributed by atoms with E-state index in [1.807, 2.05) is 19.9 Å². The molecule has 31 heavy (non-hydrogen) atoms. The standard InChI is InChI=1S/C22H24N4O4S/c1-15-13-16(2)25-22(24-15)26-18-6-4-5-17(14-18)21(27)23-11-12-31(28,29)20-9-7-19(30-3)8-10-20/h4-10,13-14H,11-12H2,1-3H3,(H,23,27)(H,24,25,26). The van der Waals surface area contributed by atoms with Gasteiger partial charge in [0.05, 0.1) is 17.8 Å². The number of hydrogen-bond donors (Lipinski definition) is 2. The zero-order chi connectivity index (χ0) is 22.4. The maximum Gasteiger partial charge on any atom is 0.251 e. The van der Waals surface area contributed by atoms with Gasteiger partial charge < -0.3 is 15.4 Å². The molecule has 0 atom stereocenters. The van der Waals surface area contributed by atoms with Gasteiger partial charge in [0, 0.05) is 29.2 Å². The van der Waals surface area contributed by atoms with Crippen molar-refractivity contribution in [1.82, 2.24) is 15.3 Å². The zero-order valence-corrected chi connectivity index (χ0v) is 18.4. The Labute approximate surface area is 181 Å². The maximum absolute atomic E-state index is 12.5. The molecule has 8 nitrogen and oxygen atoms in total. The fourth-order valence-electron chi connectivity index (χ4n) is 2.95. The Hall–Kier alpha value is -3.46. The Morgan fingerprint density at radius 2 is 1.68 bits per heavy atom. The van der Waals surface area contributed by atoms with Crippen LogP contribution in [-0.2, 0) is 9.84 Å². The molecule has 0 saturated carbocycles. The summed E-state index contributed by atoms with van der Waals surface area (Å²) in [6.45, 7) is 3.75. The number of sulfone groups is 1. The summed E-state index contributed by atoms with van der Waals surface area (Å²) < 4.78 is 29.9. The highest BCUT2D eigenvalue weighted by Crippen LogP contribution is 2.17. The van der Waals surface area contributed by atoms with Crippen LogP contribution in [0.2, 0.25) is 0 Å². The highest BCUT2D eigenvalue weighted by Gasteiger charge is 2.15. The Kier molecular flexibility index (Phi) is 6.86. The fourth-order valence-corrected chi connectivity index (χ4v) is 4.11. The van der Waals surface area contributed by atoms with Crippen LogP contribution in [0.4, 0.5) is 11.6 Å². The molecule has 1 heterocycles. The van der Waals surface area contributed by atoms with Crippen LogP contribution in [0.3, 0.4) is 0 Å². The van der Waals surface area contributed by atoms with Crippen LogP contribution in [-0.4, -0.2) is 43.7 Å². The molecule has 9 heteroatoms. The molecular weight excluding hydrogens is 416 g/mol. The molecule has 1 aromatic heterocycles. The van der Waals surface area contributed by atoms with Crippen molar-refractivity contribution in [2.45, 2.75) is 18.7 Å². The van der Waals surface area contributed by atoms with Gasteiger partial charge in [-0.1, -0.05) is 6.07 Å². The fraction of sp³-hybridized carbons (Fsp3) is 0.227. The Morgan fingerprint density at radius 1 is 1.00 bits per heavy atom. The SMILES string of the molecule is COc1ccc(S(=O)(=O)CCNC(=O)c2cccc(Nc3nc(C)cc(C)n3)c2)cc1. The van der Waals surface area contributed by atoms with E-state index in [1.165, 1.54) is 19.2 Å². The summed E-state index contributed by atoms with van der Waals surface area (Å²) in [7, 11) is -2.01. The Balaban J connectivity index is 1.61. The molecule has 0 radical (unpaired) electrons. The van der Waals surface area contributed by atoms with Gasteiger partial charge in [-0.2, -0.15) is 0 Å². The third-order valence-electron chi connectivity index (χ3n) is 4.44. The van der Waals surface area contributed by atoms with Gasteiger partial charge in [0.25, 0.3) is 5.91 Å². The van der Waals surface area contributed by atoms with Crippen molar-refractivity contribution in [2.75, 3.05) is 24.7 Å². The topological polar surface area (TPSA) is 110 Å². The summed E-state index contributed by atoms with van der Waals surface area (Å²) in [5.41, 5.74) is 2.73.